The second-order valence-corrected chi connectivity index (χ2v) is 6.75. The van der Waals surface area contributed by atoms with Crippen molar-refractivity contribution in [3.8, 4) is 6.07 Å². The number of carbonyl (C=O) groups excluding carboxylic acids is 1. The van der Waals surface area contributed by atoms with Crippen LogP contribution in [-0.2, 0) is 9.53 Å². The van der Waals surface area contributed by atoms with E-state index in [0.29, 0.717) is 18.8 Å². The van der Waals surface area contributed by atoms with Crippen molar-refractivity contribution in [2.45, 2.75) is 57.1 Å². The molecule has 2 fully saturated rings. The third kappa shape index (κ3) is 4.69. The van der Waals surface area contributed by atoms with Crippen LogP contribution in [0.5, 0.6) is 0 Å². The maximum absolute atomic E-state index is 12.1. The summed E-state index contributed by atoms with van der Waals surface area (Å²) in [5.41, 5.74) is -0.702. The lowest BCUT2D eigenvalue weighted by Gasteiger charge is -2.36. The lowest BCUT2D eigenvalue weighted by Crippen LogP contribution is -2.54. The SMILES string of the molecule is C[C@H]1CCC[C@H](OCC(=O)NC2(C#N)CCN(C)CC2)C1. The lowest BCUT2D eigenvalue weighted by molar-refractivity contribution is -0.130. The normalized spacial score (nSPS) is 29.6. The summed E-state index contributed by atoms with van der Waals surface area (Å²) in [6.45, 7) is 4.00. The molecule has 1 saturated carbocycles. The number of piperidine rings is 1. The molecule has 5 nitrogen and oxygen atoms in total. The van der Waals surface area contributed by atoms with Gasteiger partial charge in [-0.3, -0.25) is 4.79 Å². The first-order valence-corrected chi connectivity index (χ1v) is 8.05. The highest BCUT2D eigenvalue weighted by atomic mass is 16.5. The molecule has 118 valence electrons. The molecule has 1 N–H and O–H groups in total. The van der Waals surface area contributed by atoms with Crippen LogP contribution < -0.4 is 5.32 Å². The van der Waals surface area contributed by atoms with Crippen molar-refractivity contribution in [1.82, 2.24) is 10.2 Å². The van der Waals surface area contributed by atoms with E-state index in [9.17, 15) is 10.1 Å². The van der Waals surface area contributed by atoms with Crippen molar-refractivity contribution in [3.05, 3.63) is 0 Å². The number of nitrogens with one attached hydrogen (secondary N) is 1. The van der Waals surface area contributed by atoms with Gasteiger partial charge in [0.15, 0.2) is 0 Å². The molecule has 21 heavy (non-hydrogen) atoms. The fourth-order valence-corrected chi connectivity index (χ4v) is 3.29. The van der Waals surface area contributed by atoms with Gasteiger partial charge in [-0.25, -0.2) is 0 Å². The van der Waals surface area contributed by atoms with Gasteiger partial charge in [0.2, 0.25) is 5.91 Å². The summed E-state index contributed by atoms with van der Waals surface area (Å²) in [4.78, 5) is 14.3. The first-order chi connectivity index (χ1) is 10.0. The highest BCUT2D eigenvalue weighted by Gasteiger charge is 2.35. The minimum absolute atomic E-state index is 0.0800. The van der Waals surface area contributed by atoms with Crippen LogP contribution in [0.3, 0.4) is 0 Å². The summed E-state index contributed by atoms with van der Waals surface area (Å²) in [7, 11) is 2.04. The Morgan fingerprint density at radius 1 is 1.43 bits per heavy atom. The van der Waals surface area contributed by atoms with Crippen LogP contribution >= 0.6 is 0 Å². The average Bonchev–Trinajstić information content (AvgIpc) is 2.48. The molecule has 2 atom stereocenters. The van der Waals surface area contributed by atoms with Crippen molar-refractivity contribution in [3.63, 3.8) is 0 Å². The van der Waals surface area contributed by atoms with Gasteiger partial charge in [-0.05, 0) is 38.6 Å². The largest absolute Gasteiger partial charge is 0.368 e. The van der Waals surface area contributed by atoms with E-state index in [2.05, 4.69) is 23.2 Å². The van der Waals surface area contributed by atoms with Crippen molar-refractivity contribution in [2.24, 2.45) is 5.92 Å². The molecule has 0 bridgehead atoms. The van der Waals surface area contributed by atoms with Gasteiger partial charge in [-0.15, -0.1) is 0 Å². The summed E-state index contributed by atoms with van der Waals surface area (Å²) < 4.78 is 5.74. The van der Waals surface area contributed by atoms with Crippen LogP contribution in [0, 0.1) is 17.2 Å². The number of likely N-dealkylation sites (tertiary alicyclic amines) is 1. The molecule has 0 spiro atoms. The zero-order chi connectivity index (χ0) is 15.3. The van der Waals surface area contributed by atoms with Gasteiger partial charge in [0.25, 0.3) is 0 Å². The van der Waals surface area contributed by atoms with Crippen molar-refractivity contribution in [1.29, 1.82) is 5.26 Å². The summed E-state index contributed by atoms with van der Waals surface area (Å²) in [5.74, 6) is 0.533. The number of hydrogen-bond acceptors (Lipinski definition) is 4. The molecule has 2 aliphatic rings. The smallest absolute Gasteiger partial charge is 0.247 e. The molecule has 0 aromatic carbocycles. The molecule has 5 heteroatoms. The molecule has 0 aromatic heterocycles. The Bertz CT molecular complexity index is 397. The number of hydrogen-bond donors (Lipinski definition) is 1. The predicted molar refractivity (Wildman–Crippen MR) is 80.6 cm³/mol. The molecule has 1 saturated heterocycles. The lowest BCUT2D eigenvalue weighted by atomic mass is 9.88. The van der Waals surface area contributed by atoms with Crippen LogP contribution in [0.4, 0.5) is 0 Å². The average molecular weight is 293 g/mol. The summed E-state index contributed by atoms with van der Waals surface area (Å²) in [5, 5.41) is 12.3. The summed E-state index contributed by atoms with van der Waals surface area (Å²) in [6.07, 6.45) is 6.11. The molecule has 1 amide bonds. The number of carbonyl (C=O) groups is 1. The van der Waals surface area contributed by atoms with Crippen LogP contribution in [0.2, 0.25) is 0 Å². The van der Waals surface area contributed by atoms with E-state index in [4.69, 9.17) is 4.74 Å². The van der Waals surface area contributed by atoms with Gasteiger partial charge in [-0.2, -0.15) is 5.26 Å². The Morgan fingerprint density at radius 3 is 2.76 bits per heavy atom. The second-order valence-electron chi connectivity index (χ2n) is 6.75. The van der Waals surface area contributed by atoms with E-state index >= 15 is 0 Å². The van der Waals surface area contributed by atoms with Crippen LogP contribution in [0.1, 0.15) is 45.4 Å². The zero-order valence-electron chi connectivity index (χ0n) is 13.2. The molecule has 1 aliphatic carbocycles. The number of amides is 1. The van der Waals surface area contributed by atoms with Crippen molar-refractivity contribution >= 4 is 5.91 Å². The standard InChI is InChI=1S/C16H27N3O2/c1-13-4-3-5-14(10-13)21-11-15(20)18-16(12-17)6-8-19(2)9-7-16/h13-14H,3-11H2,1-2H3,(H,18,20)/t13-,14-/m0/s1. The molecular formula is C16H27N3O2. The van der Waals surface area contributed by atoms with Crippen LogP contribution in [0.25, 0.3) is 0 Å². The van der Waals surface area contributed by atoms with E-state index < -0.39 is 5.54 Å². The third-order valence-electron chi connectivity index (χ3n) is 4.77. The fraction of sp³-hybridized carbons (Fsp3) is 0.875. The minimum Gasteiger partial charge on any atom is -0.368 e. The highest BCUT2D eigenvalue weighted by molar-refractivity contribution is 5.78. The Hall–Kier alpha value is -1.12. The molecule has 1 heterocycles. The van der Waals surface area contributed by atoms with Gasteiger partial charge in [0, 0.05) is 13.1 Å². The number of nitriles is 1. The van der Waals surface area contributed by atoms with Gasteiger partial charge >= 0.3 is 0 Å². The quantitative estimate of drug-likeness (QED) is 0.856. The molecule has 0 aromatic rings. The summed E-state index contributed by atoms with van der Waals surface area (Å²) in [6, 6.07) is 2.30. The van der Waals surface area contributed by atoms with E-state index in [-0.39, 0.29) is 18.6 Å². The molecule has 0 radical (unpaired) electrons. The highest BCUT2D eigenvalue weighted by Crippen LogP contribution is 2.25. The first-order valence-electron chi connectivity index (χ1n) is 8.05. The van der Waals surface area contributed by atoms with Crippen molar-refractivity contribution in [2.75, 3.05) is 26.7 Å². The van der Waals surface area contributed by atoms with E-state index in [1.165, 1.54) is 12.8 Å². The first kappa shape index (κ1) is 16.3. The van der Waals surface area contributed by atoms with Crippen molar-refractivity contribution < 1.29 is 9.53 Å². The fourth-order valence-electron chi connectivity index (χ4n) is 3.29. The minimum atomic E-state index is -0.702. The van der Waals surface area contributed by atoms with Gasteiger partial charge in [0.05, 0.1) is 12.2 Å². The monoisotopic (exact) mass is 293 g/mol. The molecule has 2 rings (SSSR count). The van der Waals surface area contributed by atoms with E-state index in [1.807, 2.05) is 7.05 Å². The zero-order valence-corrected chi connectivity index (χ0v) is 13.2. The Morgan fingerprint density at radius 2 is 2.14 bits per heavy atom. The second kappa shape index (κ2) is 7.24. The maximum atomic E-state index is 12.1. The number of nitrogens with zero attached hydrogens (tertiary/aromatic N) is 2. The van der Waals surface area contributed by atoms with Gasteiger partial charge in [0.1, 0.15) is 12.1 Å². The molecule has 1 aliphatic heterocycles. The van der Waals surface area contributed by atoms with Crippen LogP contribution in [-0.4, -0.2) is 49.2 Å². The van der Waals surface area contributed by atoms with Gasteiger partial charge < -0.3 is 15.0 Å². The Kier molecular flexibility index (Phi) is 5.60. The number of ether oxygens (including phenoxy) is 1. The van der Waals surface area contributed by atoms with E-state index in [1.54, 1.807) is 0 Å². The molecule has 0 unspecified atom stereocenters. The maximum Gasteiger partial charge on any atom is 0.247 e. The van der Waals surface area contributed by atoms with E-state index in [0.717, 1.165) is 25.9 Å². The topological polar surface area (TPSA) is 65.4 Å². The Labute approximate surface area is 127 Å². The predicted octanol–water partition coefficient (Wildman–Crippen LogP) is 1.69. The van der Waals surface area contributed by atoms with Crippen LogP contribution in [0.15, 0.2) is 0 Å². The number of rotatable bonds is 4. The third-order valence-corrected chi connectivity index (χ3v) is 4.77. The van der Waals surface area contributed by atoms with Gasteiger partial charge in [-0.1, -0.05) is 19.8 Å². The molecular weight excluding hydrogens is 266 g/mol. The Balaban J connectivity index is 1.77. The summed E-state index contributed by atoms with van der Waals surface area (Å²) >= 11 is 0.